The molecule has 3 atom stereocenters. The van der Waals surface area contributed by atoms with Gasteiger partial charge in [-0.05, 0) is 35.9 Å². The van der Waals surface area contributed by atoms with Crippen LogP contribution in [0.5, 0.6) is 0 Å². The monoisotopic (exact) mass is 525 g/mol. The zero-order valence-corrected chi connectivity index (χ0v) is 20.0. The highest BCUT2D eigenvalue weighted by Gasteiger charge is 2.74. The Labute approximate surface area is 214 Å². The Kier molecular flexibility index (Phi) is 4.96. The summed E-state index contributed by atoms with van der Waals surface area (Å²) in [6, 6.07) is 17.2. The van der Waals surface area contributed by atoms with Crippen molar-refractivity contribution in [3.8, 4) is 0 Å². The molecule has 3 aromatic carbocycles. The van der Waals surface area contributed by atoms with Gasteiger partial charge in [0.15, 0.2) is 0 Å². The van der Waals surface area contributed by atoms with E-state index in [4.69, 9.17) is 39.5 Å². The van der Waals surface area contributed by atoms with E-state index < -0.39 is 46.9 Å². The van der Waals surface area contributed by atoms with E-state index >= 15 is 0 Å². The Balaban J connectivity index is 1.54. The summed E-state index contributed by atoms with van der Waals surface area (Å²) in [6.07, 6.45) is -1.02. The van der Waals surface area contributed by atoms with E-state index in [0.29, 0.717) is 10.6 Å². The number of hydrogen-bond acceptors (Lipinski definition) is 5. The average Bonchev–Trinajstić information content (AvgIpc) is 3.41. The molecule has 6 rings (SSSR count). The van der Waals surface area contributed by atoms with Gasteiger partial charge in [0.1, 0.15) is 0 Å². The summed E-state index contributed by atoms with van der Waals surface area (Å²) in [5.41, 5.74) is -1.09. The van der Waals surface area contributed by atoms with E-state index in [0.717, 1.165) is 4.90 Å². The van der Waals surface area contributed by atoms with Crippen LogP contribution in [0.4, 0.5) is 5.69 Å². The predicted molar refractivity (Wildman–Crippen MR) is 129 cm³/mol. The van der Waals surface area contributed by atoms with Gasteiger partial charge in [0.25, 0.3) is 0 Å². The average molecular weight is 527 g/mol. The van der Waals surface area contributed by atoms with Gasteiger partial charge in [0.05, 0.1) is 33.7 Å². The number of carbonyl (C=O) groups excluding carboxylic acids is 4. The molecule has 0 aromatic heterocycles. The van der Waals surface area contributed by atoms with Crippen LogP contribution in [0.2, 0.25) is 15.1 Å². The molecule has 2 heterocycles. The molecule has 35 heavy (non-hydrogen) atoms. The molecule has 0 N–H and O–H groups in total. The zero-order valence-electron chi connectivity index (χ0n) is 17.7. The normalized spacial score (nSPS) is 24.4. The number of rotatable bonds is 2. The highest BCUT2D eigenvalue weighted by Crippen LogP contribution is 2.57. The van der Waals surface area contributed by atoms with Gasteiger partial charge in [-0.15, -0.1) is 0 Å². The van der Waals surface area contributed by atoms with Crippen molar-refractivity contribution in [2.75, 3.05) is 4.90 Å². The molecule has 0 bridgehead atoms. The zero-order chi connectivity index (χ0) is 24.6. The minimum Gasteiger partial charge on any atom is -0.349 e. The summed E-state index contributed by atoms with van der Waals surface area (Å²) in [4.78, 5) is 56.0. The highest BCUT2D eigenvalue weighted by molar-refractivity contribution is 6.42. The standard InChI is InChI=1S/C26H14Cl3NO5/c27-13-7-5-12(6-8-13)21-19-20(25(34)30(24(19)33)14-9-10-17(28)18(29)11-14)26(35-21)22(31)15-3-1-2-4-16(15)23(26)32/h1-11,19-21H/t19-,20+,21+/m1/s1. The summed E-state index contributed by atoms with van der Waals surface area (Å²) in [5, 5.41) is 0.873. The molecule has 9 heteroatoms. The van der Waals surface area contributed by atoms with Crippen LogP contribution in [0.15, 0.2) is 66.7 Å². The largest absolute Gasteiger partial charge is 0.349 e. The van der Waals surface area contributed by atoms with Gasteiger partial charge in [-0.1, -0.05) is 71.2 Å². The first-order valence-electron chi connectivity index (χ1n) is 10.7. The van der Waals surface area contributed by atoms with Crippen molar-refractivity contribution >= 4 is 63.9 Å². The van der Waals surface area contributed by atoms with Crippen LogP contribution in [0.3, 0.4) is 0 Å². The minimum atomic E-state index is -2.14. The molecule has 1 spiro atoms. The number of carbonyl (C=O) groups is 4. The molecule has 2 aliphatic heterocycles. The SMILES string of the molecule is O=C1[C@@H]2[C@@H](C(=O)N1c1ccc(Cl)c(Cl)c1)C1(O[C@H]2c2ccc(Cl)cc2)C(=O)c2ccccc2C1=O. The number of imide groups is 1. The first-order valence-corrected chi connectivity index (χ1v) is 11.8. The second-order valence-electron chi connectivity index (χ2n) is 8.64. The fraction of sp³-hybridized carbons (Fsp3) is 0.154. The van der Waals surface area contributed by atoms with Crippen LogP contribution >= 0.6 is 34.8 Å². The molecule has 174 valence electrons. The Bertz CT molecular complexity index is 1430. The van der Waals surface area contributed by atoms with Crippen LogP contribution in [-0.4, -0.2) is 29.0 Å². The molecule has 3 aromatic rings. The van der Waals surface area contributed by atoms with Crippen LogP contribution in [0.25, 0.3) is 0 Å². The van der Waals surface area contributed by atoms with E-state index in [9.17, 15) is 19.2 Å². The van der Waals surface area contributed by atoms with E-state index in [-0.39, 0.29) is 26.9 Å². The van der Waals surface area contributed by atoms with Crippen molar-refractivity contribution in [2.24, 2.45) is 11.8 Å². The molecule has 2 amide bonds. The number of halogens is 3. The van der Waals surface area contributed by atoms with Gasteiger partial charge in [0, 0.05) is 16.1 Å². The third-order valence-corrected chi connectivity index (χ3v) is 7.87. The van der Waals surface area contributed by atoms with Crippen LogP contribution in [0, 0.1) is 11.8 Å². The lowest BCUT2D eigenvalue weighted by Gasteiger charge is -2.27. The Morgan fingerprint density at radius 2 is 1.37 bits per heavy atom. The second-order valence-corrected chi connectivity index (χ2v) is 9.89. The quantitative estimate of drug-likeness (QED) is 0.333. The Hall–Kier alpha value is -3.03. The number of fused-ring (bicyclic) bond motifs is 3. The van der Waals surface area contributed by atoms with Gasteiger partial charge in [0.2, 0.25) is 29.0 Å². The molecule has 6 nitrogen and oxygen atoms in total. The smallest absolute Gasteiger partial charge is 0.241 e. The van der Waals surface area contributed by atoms with Crippen LogP contribution in [-0.2, 0) is 14.3 Å². The van der Waals surface area contributed by atoms with E-state index in [1.807, 2.05) is 0 Å². The first kappa shape index (κ1) is 22.4. The lowest BCUT2D eigenvalue weighted by atomic mass is 9.77. The number of hydrogen-bond donors (Lipinski definition) is 0. The molecule has 2 fully saturated rings. The van der Waals surface area contributed by atoms with Crippen molar-refractivity contribution in [1.29, 1.82) is 0 Å². The molecule has 1 aliphatic carbocycles. The molecular formula is C26H14Cl3NO5. The maximum atomic E-state index is 13.9. The summed E-state index contributed by atoms with van der Waals surface area (Å²) in [7, 11) is 0. The molecule has 0 radical (unpaired) electrons. The number of benzene rings is 3. The number of Topliss-reactive ketones (excluding diaryl/α,β-unsaturated/α-hetero) is 2. The second kappa shape index (κ2) is 7.73. The molecule has 0 saturated carbocycles. The van der Waals surface area contributed by atoms with Crippen LogP contribution < -0.4 is 4.90 Å². The summed E-state index contributed by atoms with van der Waals surface area (Å²) < 4.78 is 6.22. The molecular weight excluding hydrogens is 513 g/mol. The number of anilines is 1. The van der Waals surface area contributed by atoms with Crippen molar-refractivity contribution in [3.63, 3.8) is 0 Å². The number of ether oxygens (including phenoxy) is 1. The van der Waals surface area contributed by atoms with E-state index in [2.05, 4.69) is 0 Å². The number of nitrogens with zero attached hydrogens (tertiary/aromatic N) is 1. The maximum Gasteiger partial charge on any atom is 0.241 e. The minimum absolute atomic E-state index is 0.155. The first-order chi connectivity index (χ1) is 16.8. The lowest BCUT2D eigenvalue weighted by molar-refractivity contribution is -0.127. The third-order valence-electron chi connectivity index (χ3n) is 6.88. The molecule has 2 saturated heterocycles. The van der Waals surface area contributed by atoms with Gasteiger partial charge in [-0.2, -0.15) is 0 Å². The molecule has 0 unspecified atom stereocenters. The van der Waals surface area contributed by atoms with Gasteiger partial charge >= 0.3 is 0 Å². The van der Waals surface area contributed by atoms with Crippen molar-refractivity contribution in [2.45, 2.75) is 11.7 Å². The van der Waals surface area contributed by atoms with E-state index in [1.165, 1.54) is 30.3 Å². The number of amides is 2. The maximum absolute atomic E-state index is 13.9. The van der Waals surface area contributed by atoms with Gasteiger partial charge in [-0.25, -0.2) is 4.90 Å². The number of ketones is 2. The van der Waals surface area contributed by atoms with E-state index in [1.54, 1.807) is 36.4 Å². The van der Waals surface area contributed by atoms with Gasteiger partial charge in [-0.3, -0.25) is 19.2 Å². The summed E-state index contributed by atoms with van der Waals surface area (Å²) >= 11 is 18.2. The van der Waals surface area contributed by atoms with Crippen molar-refractivity contribution < 1.29 is 23.9 Å². The summed E-state index contributed by atoms with van der Waals surface area (Å²) in [6.45, 7) is 0. The Morgan fingerprint density at radius 3 is 1.97 bits per heavy atom. The summed E-state index contributed by atoms with van der Waals surface area (Å²) in [5.74, 6) is -5.00. The van der Waals surface area contributed by atoms with Gasteiger partial charge < -0.3 is 4.74 Å². The lowest BCUT2D eigenvalue weighted by Crippen LogP contribution is -2.51. The Morgan fingerprint density at radius 1 is 0.743 bits per heavy atom. The fourth-order valence-electron chi connectivity index (χ4n) is 5.35. The highest BCUT2D eigenvalue weighted by atomic mass is 35.5. The molecule has 3 aliphatic rings. The van der Waals surface area contributed by atoms with Crippen LogP contribution in [0.1, 0.15) is 32.4 Å². The van der Waals surface area contributed by atoms with Crippen molar-refractivity contribution in [1.82, 2.24) is 0 Å². The van der Waals surface area contributed by atoms with Crippen molar-refractivity contribution in [3.05, 3.63) is 98.5 Å². The topological polar surface area (TPSA) is 80.8 Å². The predicted octanol–water partition coefficient (Wildman–Crippen LogP) is 5.34. The third kappa shape index (κ3) is 2.94. The fourth-order valence-corrected chi connectivity index (χ4v) is 5.77.